The third-order valence-corrected chi connectivity index (χ3v) is 4.08. The van der Waals surface area contributed by atoms with Crippen molar-refractivity contribution in [2.45, 2.75) is 13.8 Å². The minimum absolute atomic E-state index is 0.105. The van der Waals surface area contributed by atoms with E-state index in [2.05, 4.69) is 0 Å². The fraction of sp³-hybridized carbons (Fsp3) is 0.333. The van der Waals surface area contributed by atoms with Crippen molar-refractivity contribution in [2.75, 3.05) is 13.2 Å². The Morgan fingerprint density at radius 3 is 2.50 bits per heavy atom. The lowest BCUT2D eigenvalue weighted by molar-refractivity contribution is 0.220. The van der Waals surface area contributed by atoms with Crippen LogP contribution in [0, 0.1) is 0 Å². The van der Waals surface area contributed by atoms with Crippen LogP contribution in [0.3, 0.4) is 0 Å². The molecule has 0 N–H and O–H groups in total. The summed E-state index contributed by atoms with van der Waals surface area (Å²) in [6, 6.07) is 6.55. The van der Waals surface area contributed by atoms with Crippen LogP contribution >= 0.6 is 19.2 Å². The Balaban J connectivity index is 3.02. The minimum Gasteiger partial charge on any atom is -0.304 e. The standard InChI is InChI=1S/C12H15ClFO3P/c1-3-16-18(15,17-4-2)12(14)9-10-6-5-7-11(13)8-10/h5-9H,3-4H2,1-2H3/b12-9+. The first-order valence-corrected chi connectivity index (χ1v) is 7.46. The molecule has 100 valence electrons. The molecule has 0 saturated carbocycles. The van der Waals surface area contributed by atoms with Crippen LogP contribution in [-0.4, -0.2) is 13.2 Å². The zero-order chi connectivity index (χ0) is 13.6. The number of benzene rings is 1. The fourth-order valence-electron chi connectivity index (χ4n) is 1.31. The lowest BCUT2D eigenvalue weighted by Crippen LogP contribution is -1.96. The summed E-state index contributed by atoms with van der Waals surface area (Å²) in [5.41, 5.74) is -0.423. The molecule has 0 radical (unpaired) electrons. The maximum Gasteiger partial charge on any atom is 0.389 e. The number of hydrogen-bond acceptors (Lipinski definition) is 3. The molecule has 0 unspecified atom stereocenters. The van der Waals surface area contributed by atoms with Crippen LogP contribution < -0.4 is 0 Å². The van der Waals surface area contributed by atoms with Crippen molar-refractivity contribution < 1.29 is 18.0 Å². The molecule has 0 aliphatic heterocycles. The average Bonchev–Trinajstić information content (AvgIpc) is 2.29. The van der Waals surface area contributed by atoms with E-state index in [4.69, 9.17) is 20.6 Å². The first kappa shape index (κ1) is 15.4. The molecular weight excluding hydrogens is 278 g/mol. The van der Waals surface area contributed by atoms with E-state index in [1.807, 2.05) is 0 Å². The molecule has 0 aliphatic carbocycles. The van der Waals surface area contributed by atoms with E-state index >= 15 is 0 Å². The minimum atomic E-state index is -3.84. The highest BCUT2D eigenvalue weighted by Crippen LogP contribution is 2.57. The second-order valence-corrected chi connectivity index (χ2v) is 5.73. The summed E-state index contributed by atoms with van der Waals surface area (Å²) in [5.74, 6) is 0. The van der Waals surface area contributed by atoms with Crippen molar-refractivity contribution in [3.8, 4) is 0 Å². The second kappa shape index (κ2) is 7.05. The van der Waals surface area contributed by atoms with E-state index in [9.17, 15) is 8.96 Å². The Kier molecular flexibility index (Phi) is 6.03. The van der Waals surface area contributed by atoms with E-state index in [1.165, 1.54) is 0 Å². The third kappa shape index (κ3) is 4.21. The summed E-state index contributed by atoms with van der Waals surface area (Å²) in [5, 5.41) is 0.471. The summed E-state index contributed by atoms with van der Waals surface area (Å²) in [6.07, 6.45) is 1.11. The Labute approximate surface area is 111 Å². The van der Waals surface area contributed by atoms with E-state index in [1.54, 1.807) is 38.1 Å². The highest BCUT2D eigenvalue weighted by molar-refractivity contribution is 7.58. The van der Waals surface area contributed by atoms with Crippen LogP contribution in [0.15, 0.2) is 29.8 Å². The largest absolute Gasteiger partial charge is 0.389 e. The Hall–Kier alpha value is -0.670. The van der Waals surface area contributed by atoms with E-state index in [0.717, 1.165) is 6.08 Å². The van der Waals surface area contributed by atoms with E-state index < -0.39 is 13.2 Å². The molecule has 6 heteroatoms. The summed E-state index contributed by atoms with van der Waals surface area (Å²) in [4.78, 5) is 0. The van der Waals surface area contributed by atoms with Gasteiger partial charge in [-0.2, -0.15) is 4.39 Å². The van der Waals surface area contributed by atoms with Crippen LogP contribution in [0.2, 0.25) is 5.02 Å². The first-order chi connectivity index (χ1) is 8.51. The topological polar surface area (TPSA) is 35.5 Å². The summed E-state index contributed by atoms with van der Waals surface area (Å²) in [7, 11) is -3.84. The molecule has 1 aromatic carbocycles. The molecule has 18 heavy (non-hydrogen) atoms. The van der Waals surface area contributed by atoms with Gasteiger partial charge < -0.3 is 9.05 Å². The summed E-state index contributed by atoms with van der Waals surface area (Å²) in [6.45, 7) is 3.46. The van der Waals surface area contributed by atoms with Gasteiger partial charge >= 0.3 is 7.60 Å². The molecule has 3 nitrogen and oxygen atoms in total. The number of halogens is 2. The molecule has 0 amide bonds. The smallest absolute Gasteiger partial charge is 0.304 e. The molecule has 1 rings (SSSR count). The van der Waals surface area contributed by atoms with Gasteiger partial charge in [0.25, 0.3) is 0 Å². The second-order valence-electron chi connectivity index (χ2n) is 3.36. The van der Waals surface area contributed by atoms with Gasteiger partial charge in [-0.25, -0.2) is 0 Å². The zero-order valence-corrected chi connectivity index (χ0v) is 11.9. The molecular formula is C12H15ClFO3P. The normalized spacial score (nSPS) is 12.8. The molecule has 0 saturated heterocycles. The molecule has 0 heterocycles. The van der Waals surface area contributed by atoms with Gasteiger partial charge in [-0.15, -0.1) is 0 Å². The Morgan fingerprint density at radius 2 is 2.00 bits per heavy atom. The molecule has 0 spiro atoms. The molecule has 0 atom stereocenters. The first-order valence-electron chi connectivity index (χ1n) is 5.54. The van der Waals surface area contributed by atoms with Crippen molar-refractivity contribution in [1.29, 1.82) is 0 Å². The van der Waals surface area contributed by atoms with Gasteiger partial charge in [0.1, 0.15) is 0 Å². The predicted molar refractivity (Wildman–Crippen MR) is 71.4 cm³/mol. The maximum absolute atomic E-state index is 13.9. The van der Waals surface area contributed by atoms with E-state index in [0.29, 0.717) is 10.6 Å². The van der Waals surface area contributed by atoms with Crippen molar-refractivity contribution >= 4 is 25.3 Å². The van der Waals surface area contributed by atoms with Crippen molar-refractivity contribution in [2.24, 2.45) is 0 Å². The maximum atomic E-state index is 13.9. The molecule has 0 aromatic heterocycles. The van der Waals surface area contributed by atoms with Gasteiger partial charge in [0, 0.05) is 5.02 Å². The van der Waals surface area contributed by atoms with Gasteiger partial charge in [0.2, 0.25) is 5.57 Å². The van der Waals surface area contributed by atoms with Crippen LogP contribution in [-0.2, 0) is 13.6 Å². The van der Waals surface area contributed by atoms with Gasteiger partial charge in [0.05, 0.1) is 13.2 Å². The Morgan fingerprint density at radius 1 is 1.39 bits per heavy atom. The van der Waals surface area contributed by atoms with Gasteiger partial charge in [0.15, 0.2) is 0 Å². The van der Waals surface area contributed by atoms with Gasteiger partial charge in [-0.3, -0.25) is 4.57 Å². The molecule has 0 bridgehead atoms. The van der Waals surface area contributed by atoms with Crippen LogP contribution in [0.25, 0.3) is 6.08 Å². The third-order valence-electron chi connectivity index (χ3n) is 1.99. The Bertz CT molecular complexity index is 466. The van der Waals surface area contributed by atoms with Gasteiger partial charge in [-0.1, -0.05) is 23.7 Å². The van der Waals surface area contributed by atoms with Crippen LogP contribution in [0.5, 0.6) is 0 Å². The molecule has 0 fully saturated rings. The van der Waals surface area contributed by atoms with Crippen molar-refractivity contribution in [3.63, 3.8) is 0 Å². The highest BCUT2D eigenvalue weighted by atomic mass is 35.5. The monoisotopic (exact) mass is 292 g/mol. The summed E-state index contributed by atoms with van der Waals surface area (Å²) < 4.78 is 35.8. The molecule has 0 aliphatic rings. The van der Waals surface area contributed by atoms with Gasteiger partial charge in [-0.05, 0) is 37.6 Å². The van der Waals surface area contributed by atoms with Crippen molar-refractivity contribution in [1.82, 2.24) is 0 Å². The van der Waals surface area contributed by atoms with Crippen molar-refractivity contribution in [3.05, 3.63) is 40.4 Å². The lowest BCUT2D eigenvalue weighted by Gasteiger charge is -2.14. The highest BCUT2D eigenvalue weighted by Gasteiger charge is 2.30. The average molecular weight is 293 g/mol. The number of hydrogen-bond donors (Lipinski definition) is 0. The zero-order valence-electron chi connectivity index (χ0n) is 10.2. The van der Waals surface area contributed by atoms with E-state index in [-0.39, 0.29) is 13.2 Å². The predicted octanol–water partition coefficient (Wildman–Crippen LogP) is 4.87. The number of rotatable bonds is 6. The summed E-state index contributed by atoms with van der Waals surface area (Å²) >= 11 is 5.78. The quantitative estimate of drug-likeness (QED) is 0.701. The molecule has 1 aromatic rings. The SMILES string of the molecule is CCOP(=O)(OCC)/C(F)=C/c1cccc(Cl)c1. The lowest BCUT2D eigenvalue weighted by atomic mass is 10.2. The van der Waals surface area contributed by atoms with Crippen LogP contribution in [0.4, 0.5) is 4.39 Å². The van der Waals surface area contributed by atoms with Crippen LogP contribution in [0.1, 0.15) is 19.4 Å². The fourth-order valence-corrected chi connectivity index (χ4v) is 2.82.